The predicted octanol–water partition coefficient (Wildman–Crippen LogP) is 2.00. The molecular weight excluding hydrogens is 396 g/mol. The fraction of sp³-hybridized carbons (Fsp3) is 0.333. The number of sulfone groups is 2. The summed E-state index contributed by atoms with van der Waals surface area (Å²) in [5.41, 5.74) is 0.475. The van der Waals surface area contributed by atoms with Crippen molar-refractivity contribution in [3.63, 3.8) is 0 Å². The fourth-order valence-corrected chi connectivity index (χ4v) is 7.96. The van der Waals surface area contributed by atoms with Crippen molar-refractivity contribution < 1.29 is 25.6 Å². The molecule has 27 heavy (non-hydrogen) atoms. The van der Waals surface area contributed by atoms with Crippen molar-refractivity contribution in [3.05, 3.63) is 65.2 Å². The van der Waals surface area contributed by atoms with Gasteiger partial charge in [0.05, 0.1) is 21.7 Å². The molecule has 0 radical (unpaired) electrons. The maximum Gasteiger partial charge on any atom is 0.183 e. The zero-order valence-electron chi connectivity index (χ0n) is 14.5. The Balaban J connectivity index is 1.89. The third kappa shape index (κ3) is 4.20. The van der Waals surface area contributed by atoms with Gasteiger partial charge in [-0.1, -0.05) is 18.2 Å². The minimum atomic E-state index is -4.01. The topological polar surface area (TPSA) is 80.3 Å². The molecule has 1 aliphatic heterocycles. The van der Waals surface area contributed by atoms with E-state index in [1.807, 2.05) is 0 Å². The van der Waals surface area contributed by atoms with Crippen LogP contribution in [0, 0.1) is 18.6 Å². The first-order valence-electron chi connectivity index (χ1n) is 8.27. The van der Waals surface area contributed by atoms with Gasteiger partial charge < -0.3 is 5.32 Å². The fourth-order valence-electron chi connectivity index (χ4n) is 3.16. The number of nitrogens with one attached hydrogen (secondary N) is 1. The summed E-state index contributed by atoms with van der Waals surface area (Å²) >= 11 is 0. The molecular formula is C18H19F2NO4S2. The first-order chi connectivity index (χ1) is 12.6. The highest BCUT2D eigenvalue weighted by atomic mass is 32.2. The molecule has 0 saturated carbocycles. The van der Waals surface area contributed by atoms with E-state index in [2.05, 4.69) is 5.32 Å². The van der Waals surface area contributed by atoms with Gasteiger partial charge in [-0.2, -0.15) is 0 Å². The van der Waals surface area contributed by atoms with Crippen LogP contribution < -0.4 is 5.32 Å². The lowest BCUT2D eigenvalue weighted by Gasteiger charge is -2.20. The van der Waals surface area contributed by atoms with Crippen molar-refractivity contribution in [1.82, 2.24) is 5.32 Å². The maximum atomic E-state index is 13.8. The molecule has 1 saturated heterocycles. The number of benzene rings is 2. The number of hydrogen-bond acceptors (Lipinski definition) is 5. The Bertz CT molecular complexity index is 1070. The molecule has 1 heterocycles. The van der Waals surface area contributed by atoms with Crippen molar-refractivity contribution in [3.8, 4) is 0 Å². The van der Waals surface area contributed by atoms with Gasteiger partial charge in [-0.15, -0.1) is 0 Å². The van der Waals surface area contributed by atoms with Gasteiger partial charge >= 0.3 is 0 Å². The molecule has 2 aromatic carbocycles. The quantitative estimate of drug-likeness (QED) is 0.756. The molecule has 1 N–H and O–H groups in total. The molecule has 2 atom stereocenters. The molecule has 9 heteroatoms. The van der Waals surface area contributed by atoms with Crippen LogP contribution >= 0.6 is 0 Å². The third-order valence-electron chi connectivity index (χ3n) is 4.67. The number of rotatable bonds is 5. The molecule has 5 nitrogen and oxygen atoms in total. The largest absolute Gasteiger partial charge is 0.307 e. The van der Waals surface area contributed by atoms with Crippen LogP contribution in [0.2, 0.25) is 0 Å². The minimum Gasteiger partial charge on any atom is -0.307 e. The number of aryl methyl sites for hydroxylation is 1. The Morgan fingerprint density at radius 1 is 1.07 bits per heavy atom. The number of halogens is 2. The van der Waals surface area contributed by atoms with Gasteiger partial charge in [0.25, 0.3) is 0 Å². The van der Waals surface area contributed by atoms with E-state index >= 15 is 0 Å². The van der Waals surface area contributed by atoms with Gasteiger partial charge in [0.2, 0.25) is 0 Å². The molecule has 0 spiro atoms. The van der Waals surface area contributed by atoms with Crippen molar-refractivity contribution in [2.24, 2.45) is 0 Å². The normalized spacial score (nSPS) is 22.0. The van der Waals surface area contributed by atoms with Crippen molar-refractivity contribution >= 4 is 19.7 Å². The van der Waals surface area contributed by atoms with Crippen LogP contribution in [0.4, 0.5) is 8.78 Å². The van der Waals surface area contributed by atoms with E-state index in [0.29, 0.717) is 5.56 Å². The smallest absolute Gasteiger partial charge is 0.183 e. The summed E-state index contributed by atoms with van der Waals surface area (Å²) in [6, 6.07) is 8.48. The second-order valence-corrected chi connectivity index (χ2v) is 11.0. The summed E-state index contributed by atoms with van der Waals surface area (Å²) in [4.78, 5) is -0.124. The monoisotopic (exact) mass is 415 g/mol. The Morgan fingerprint density at radius 2 is 1.78 bits per heavy atom. The predicted molar refractivity (Wildman–Crippen MR) is 97.8 cm³/mol. The molecule has 0 unspecified atom stereocenters. The van der Waals surface area contributed by atoms with Crippen LogP contribution in [0.3, 0.4) is 0 Å². The lowest BCUT2D eigenvalue weighted by atomic mass is 10.2. The highest BCUT2D eigenvalue weighted by Gasteiger charge is 2.45. The van der Waals surface area contributed by atoms with Gasteiger partial charge in [-0.25, -0.2) is 25.6 Å². The van der Waals surface area contributed by atoms with E-state index in [-0.39, 0.29) is 22.8 Å². The second-order valence-electron chi connectivity index (χ2n) is 6.65. The van der Waals surface area contributed by atoms with Crippen LogP contribution in [0.15, 0.2) is 47.4 Å². The van der Waals surface area contributed by atoms with E-state index in [0.717, 1.165) is 12.1 Å². The first kappa shape index (κ1) is 19.9. The molecule has 2 aromatic rings. The van der Waals surface area contributed by atoms with Crippen LogP contribution in [0.5, 0.6) is 0 Å². The summed E-state index contributed by atoms with van der Waals surface area (Å²) < 4.78 is 77.4. The summed E-state index contributed by atoms with van der Waals surface area (Å²) in [6.07, 6.45) is 0. The van der Waals surface area contributed by atoms with E-state index in [1.165, 1.54) is 25.1 Å². The standard InChI is InChI=1S/C18H19F2NO4S2/c1-12-8-14(6-7-15(12)19)27(24,25)18-11-26(22,23)10-17(18)21-9-13-4-2-3-5-16(13)20/h2-8,17-18,21H,9-11H2,1H3/t17-,18-/m1/s1. The average Bonchev–Trinajstić information content (AvgIpc) is 2.92. The second kappa shape index (κ2) is 7.29. The Kier molecular flexibility index (Phi) is 5.38. The van der Waals surface area contributed by atoms with Gasteiger partial charge in [-0.3, -0.25) is 0 Å². The lowest BCUT2D eigenvalue weighted by molar-refractivity contribution is 0.515. The zero-order valence-corrected chi connectivity index (χ0v) is 16.2. The van der Waals surface area contributed by atoms with Crippen molar-refractivity contribution in [1.29, 1.82) is 0 Å². The highest BCUT2D eigenvalue weighted by molar-refractivity contribution is 7.96. The molecule has 0 aliphatic carbocycles. The molecule has 0 bridgehead atoms. The number of hydrogen-bond donors (Lipinski definition) is 1. The maximum absolute atomic E-state index is 13.8. The van der Waals surface area contributed by atoms with E-state index < -0.39 is 48.4 Å². The zero-order chi connectivity index (χ0) is 19.8. The third-order valence-corrected chi connectivity index (χ3v) is 8.82. The van der Waals surface area contributed by atoms with Crippen LogP contribution in [-0.4, -0.2) is 39.6 Å². The van der Waals surface area contributed by atoms with E-state index in [1.54, 1.807) is 12.1 Å². The molecule has 1 aliphatic rings. The molecule has 146 valence electrons. The molecule has 0 aromatic heterocycles. The van der Waals surface area contributed by atoms with Gasteiger partial charge in [0, 0.05) is 18.2 Å². The molecule has 0 amide bonds. The van der Waals surface area contributed by atoms with Gasteiger partial charge in [-0.05, 0) is 36.8 Å². The average molecular weight is 415 g/mol. The van der Waals surface area contributed by atoms with Crippen molar-refractivity contribution in [2.75, 3.05) is 11.5 Å². The van der Waals surface area contributed by atoms with Crippen LogP contribution in [-0.2, 0) is 26.2 Å². The Labute approximate surface area is 157 Å². The Hall–Kier alpha value is -1.84. The van der Waals surface area contributed by atoms with Crippen LogP contribution in [0.25, 0.3) is 0 Å². The van der Waals surface area contributed by atoms with Crippen LogP contribution in [0.1, 0.15) is 11.1 Å². The summed E-state index contributed by atoms with van der Waals surface area (Å²) in [5.74, 6) is -1.88. The first-order valence-corrected chi connectivity index (χ1v) is 11.6. The van der Waals surface area contributed by atoms with Crippen molar-refractivity contribution in [2.45, 2.75) is 29.7 Å². The van der Waals surface area contributed by atoms with E-state index in [9.17, 15) is 25.6 Å². The minimum absolute atomic E-state index is 0.00132. The molecule has 3 rings (SSSR count). The highest BCUT2D eigenvalue weighted by Crippen LogP contribution is 2.27. The Morgan fingerprint density at radius 3 is 2.44 bits per heavy atom. The van der Waals surface area contributed by atoms with E-state index in [4.69, 9.17) is 0 Å². The SMILES string of the molecule is Cc1cc(S(=O)(=O)[C@@H]2CS(=O)(=O)C[C@H]2NCc2ccccc2F)ccc1F. The van der Waals surface area contributed by atoms with Gasteiger partial charge in [0.15, 0.2) is 19.7 Å². The lowest BCUT2D eigenvalue weighted by Crippen LogP contribution is -2.43. The summed E-state index contributed by atoms with van der Waals surface area (Å²) in [7, 11) is -7.59. The summed E-state index contributed by atoms with van der Waals surface area (Å²) in [6.45, 7) is 1.44. The molecule has 1 fully saturated rings. The van der Waals surface area contributed by atoms with Gasteiger partial charge in [0.1, 0.15) is 11.6 Å². The summed E-state index contributed by atoms with van der Waals surface area (Å²) in [5, 5.41) is 1.65.